The van der Waals surface area contributed by atoms with Crippen LogP contribution in [-0.4, -0.2) is 35.9 Å². The first-order valence-corrected chi connectivity index (χ1v) is 9.03. The van der Waals surface area contributed by atoms with Crippen molar-refractivity contribution < 1.29 is 13.2 Å². The molecule has 1 aliphatic heterocycles. The van der Waals surface area contributed by atoms with Gasteiger partial charge in [-0.05, 0) is 37.5 Å². The standard InChI is InChI=1S/C16H21N3O3S/c1-12-17-16(11-18(12)2)23(20,21)19-9-5-8-15(19)13-6-4-7-14(10-13)22-3/h4,6-7,10-11,15H,5,8-9H2,1-3H3/t15-/m1/s1. The summed E-state index contributed by atoms with van der Waals surface area (Å²) in [6.45, 7) is 2.31. The third kappa shape index (κ3) is 2.86. The molecule has 1 saturated heterocycles. The highest BCUT2D eigenvalue weighted by molar-refractivity contribution is 7.89. The van der Waals surface area contributed by atoms with E-state index in [-0.39, 0.29) is 11.1 Å². The van der Waals surface area contributed by atoms with Gasteiger partial charge in [-0.1, -0.05) is 12.1 Å². The molecule has 0 aliphatic carbocycles. The van der Waals surface area contributed by atoms with E-state index in [1.54, 1.807) is 36.2 Å². The Morgan fingerprint density at radius 2 is 2.13 bits per heavy atom. The number of benzene rings is 1. The molecule has 0 saturated carbocycles. The molecule has 1 atom stereocenters. The van der Waals surface area contributed by atoms with Crippen LogP contribution in [0.4, 0.5) is 0 Å². The van der Waals surface area contributed by atoms with Crippen LogP contribution in [0.2, 0.25) is 0 Å². The quantitative estimate of drug-likeness (QED) is 0.860. The van der Waals surface area contributed by atoms with E-state index in [0.29, 0.717) is 12.4 Å². The number of aryl methyl sites for hydroxylation is 2. The molecule has 1 aromatic carbocycles. The second-order valence-corrected chi connectivity index (χ2v) is 7.63. The largest absolute Gasteiger partial charge is 0.497 e. The zero-order valence-corrected chi connectivity index (χ0v) is 14.4. The molecule has 1 aromatic heterocycles. The molecule has 0 N–H and O–H groups in total. The van der Waals surface area contributed by atoms with Crippen molar-refractivity contribution >= 4 is 10.0 Å². The smallest absolute Gasteiger partial charge is 0.262 e. The molecule has 0 amide bonds. The zero-order valence-electron chi connectivity index (χ0n) is 13.6. The van der Waals surface area contributed by atoms with Crippen LogP contribution in [0.25, 0.3) is 0 Å². The van der Waals surface area contributed by atoms with E-state index in [4.69, 9.17) is 4.74 Å². The summed E-state index contributed by atoms with van der Waals surface area (Å²) < 4.78 is 34.5. The van der Waals surface area contributed by atoms with Crippen molar-refractivity contribution in [3.8, 4) is 5.75 Å². The van der Waals surface area contributed by atoms with E-state index in [1.807, 2.05) is 24.3 Å². The van der Waals surface area contributed by atoms with Crippen LogP contribution in [0, 0.1) is 6.92 Å². The zero-order chi connectivity index (χ0) is 16.6. The van der Waals surface area contributed by atoms with Crippen LogP contribution in [0.3, 0.4) is 0 Å². The van der Waals surface area contributed by atoms with Gasteiger partial charge in [0.15, 0.2) is 5.03 Å². The third-order valence-corrected chi connectivity index (χ3v) is 6.12. The molecule has 3 rings (SSSR count). The number of ether oxygens (including phenoxy) is 1. The van der Waals surface area contributed by atoms with Gasteiger partial charge in [-0.2, -0.15) is 4.31 Å². The molecule has 6 nitrogen and oxygen atoms in total. The number of rotatable bonds is 4. The number of methoxy groups -OCH3 is 1. The maximum atomic E-state index is 13.0. The van der Waals surface area contributed by atoms with Crippen molar-refractivity contribution in [2.75, 3.05) is 13.7 Å². The van der Waals surface area contributed by atoms with E-state index >= 15 is 0 Å². The molecule has 0 spiro atoms. The van der Waals surface area contributed by atoms with Crippen LogP contribution in [0.1, 0.15) is 30.3 Å². The summed E-state index contributed by atoms with van der Waals surface area (Å²) in [6.07, 6.45) is 3.22. The highest BCUT2D eigenvalue weighted by Crippen LogP contribution is 2.37. The molecule has 7 heteroatoms. The summed E-state index contributed by atoms with van der Waals surface area (Å²) >= 11 is 0. The topological polar surface area (TPSA) is 64.4 Å². The highest BCUT2D eigenvalue weighted by Gasteiger charge is 2.37. The Kier molecular flexibility index (Phi) is 4.16. The first kappa shape index (κ1) is 16.0. The number of hydrogen-bond donors (Lipinski definition) is 0. The maximum absolute atomic E-state index is 13.0. The fraction of sp³-hybridized carbons (Fsp3) is 0.438. The van der Waals surface area contributed by atoms with E-state index in [2.05, 4.69) is 4.98 Å². The van der Waals surface area contributed by atoms with Crippen molar-refractivity contribution in [3.05, 3.63) is 41.9 Å². The van der Waals surface area contributed by atoms with Gasteiger partial charge in [-0.3, -0.25) is 0 Å². The summed E-state index contributed by atoms with van der Waals surface area (Å²) in [5, 5.41) is 0.118. The molecule has 1 fully saturated rings. The first-order chi connectivity index (χ1) is 10.9. The Labute approximate surface area is 136 Å². The van der Waals surface area contributed by atoms with E-state index in [9.17, 15) is 8.42 Å². The normalized spacial score (nSPS) is 19.2. The van der Waals surface area contributed by atoms with Gasteiger partial charge in [0.2, 0.25) is 0 Å². The van der Waals surface area contributed by atoms with E-state index < -0.39 is 10.0 Å². The second-order valence-electron chi connectivity index (χ2n) is 5.79. The van der Waals surface area contributed by atoms with Gasteiger partial charge >= 0.3 is 0 Å². The molecular formula is C16H21N3O3S. The Balaban J connectivity index is 1.97. The molecule has 23 heavy (non-hydrogen) atoms. The van der Waals surface area contributed by atoms with Crippen LogP contribution in [0.15, 0.2) is 35.5 Å². The minimum absolute atomic E-state index is 0.118. The SMILES string of the molecule is COc1cccc([C@H]2CCCN2S(=O)(=O)c2cn(C)c(C)n2)c1. The van der Waals surface area contributed by atoms with Crippen molar-refractivity contribution in [2.24, 2.45) is 7.05 Å². The van der Waals surface area contributed by atoms with Gasteiger partial charge in [-0.15, -0.1) is 0 Å². The number of sulfonamides is 1. The average molecular weight is 335 g/mol. The molecule has 124 valence electrons. The fourth-order valence-corrected chi connectivity index (χ4v) is 4.69. The summed E-state index contributed by atoms with van der Waals surface area (Å²) in [6, 6.07) is 7.44. The monoisotopic (exact) mass is 335 g/mol. The highest BCUT2D eigenvalue weighted by atomic mass is 32.2. The van der Waals surface area contributed by atoms with Crippen LogP contribution < -0.4 is 4.74 Å². The number of imidazole rings is 1. The summed E-state index contributed by atoms with van der Waals surface area (Å²) in [5.41, 5.74) is 0.957. The average Bonchev–Trinajstić information content (AvgIpc) is 3.16. The predicted molar refractivity (Wildman–Crippen MR) is 86.8 cm³/mol. The summed E-state index contributed by atoms with van der Waals surface area (Å²) in [4.78, 5) is 4.20. The van der Waals surface area contributed by atoms with Crippen molar-refractivity contribution in [1.29, 1.82) is 0 Å². The van der Waals surface area contributed by atoms with Crippen LogP contribution in [0.5, 0.6) is 5.75 Å². The van der Waals surface area contributed by atoms with Crippen molar-refractivity contribution in [2.45, 2.75) is 30.8 Å². The Hall–Kier alpha value is -1.86. The molecule has 2 aromatic rings. The van der Waals surface area contributed by atoms with Crippen LogP contribution >= 0.6 is 0 Å². The van der Waals surface area contributed by atoms with E-state index in [1.165, 1.54) is 0 Å². The third-order valence-electron chi connectivity index (χ3n) is 4.34. The molecule has 0 unspecified atom stereocenters. The predicted octanol–water partition coefficient (Wildman–Crippen LogP) is 2.26. The molecule has 0 radical (unpaired) electrons. The number of hydrogen-bond acceptors (Lipinski definition) is 4. The maximum Gasteiger partial charge on any atom is 0.262 e. The lowest BCUT2D eigenvalue weighted by molar-refractivity contribution is 0.389. The Morgan fingerprint density at radius 1 is 1.35 bits per heavy atom. The first-order valence-electron chi connectivity index (χ1n) is 7.59. The van der Waals surface area contributed by atoms with Crippen molar-refractivity contribution in [1.82, 2.24) is 13.9 Å². The van der Waals surface area contributed by atoms with Gasteiger partial charge in [0.25, 0.3) is 10.0 Å². The number of aromatic nitrogens is 2. The number of nitrogens with zero attached hydrogens (tertiary/aromatic N) is 3. The lowest BCUT2D eigenvalue weighted by Gasteiger charge is -2.23. The molecule has 2 heterocycles. The van der Waals surface area contributed by atoms with Gasteiger partial charge in [0.05, 0.1) is 13.2 Å². The Bertz CT molecular complexity index is 794. The van der Waals surface area contributed by atoms with Crippen LogP contribution in [-0.2, 0) is 17.1 Å². The lowest BCUT2D eigenvalue weighted by atomic mass is 10.1. The van der Waals surface area contributed by atoms with Gasteiger partial charge in [-0.25, -0.2) is 13.4 Å². The van der Waals surface area contributed by atoms with Gasteiger partial charge in [0, 0.05) is 19.8 Å². The van der Waals surface area contributed by atoms with Gasteiger partial charge < -0.3 is 9.30 Å². The minimum atomic E-state index is -3.60. The molecular weight excluding hydrogens is 314 g/mol. The summed E-state index contributed by atoms with van der Waals surface area (Å²) in [5.74, 6) is 1.42. The Morgan fingerprint density at radius 3 is 2.78 bits per heavy atom. The summed E-state index contributed by atoms with van der Waals surface area (Å²) in [7, 11) is -0.190. The minimum Gasteiger partial charge on any atom is -0.497 e. The van der Waals surface area contributed by atoms with Crippen molar-refractivity contribution in [3.63, 3.8) is 0 Å². The van der Waals surface area contributed by atoms with E-state index in [0.717, 1.165) is 24.2 Å². The van der Waals surface area contributed by atoms with Gasteiger partial charge in [0.1, 0.15) is 11.6 Å². The molecule has 0 bridgehead atoms. The molecule has 1 aliphatic rings. The lowest BCUT2D eigenvalue weighted by Crippen LogP contribution is -2.31. The fourth-order valence-electron chi connectivity index (χ4n) is 2.98. The second kappa shape index (κ2) is 5.98.